The van der Waals surface area contributed by atoms with Crippen molar-refractivity contribution in [2.45, 2.75) is 19.9 Å². The Bertz CT molecular complexity index is 942. The zero-order valence-electron chi connectivity index (χ0n) is 15.9. The summed E-state index contributed by atoms with van der Waals surface area (Å²) in [6, 6.07) is 5.06. The summed E-state index contributed by atoms with van der Waals surface area (Å²) in [7, 11) is 5.08. The molecule has 1 aromatic carbocycles. The fraction of sp³-hybridized carbons (Fsp3) is 0.316. The summed E-state index contributed by atoms with van der Waals surface area (Å²) in [5.74, 6) is 1.80. The molecule has 0 unspecified atom stereocenters. The third-order valence-electron chi connectivity index (χ3n) is 4.21. The van der Waals surface area contributed by atoms with E-state index in [2.05, 4.69) is 15.3 Å². The van der Waals surface area contributed by atoms with Gasteiger partial charge in [0.15, 0.2) is 0 Å². The largest absolute Gasteiger partial charge is 0.497 e. The van der Waals surface area contributed by atoms with E-state index in [1.54, 1.807) is 26.5 Å². The summed E-state index contributed by atoms with van der Waals surface area (Å²) in [6.45, 7) is 3.72. The van der Waals surface area contributed by atoms with E-state index in [0.717, 1.165) is 16.3 Å². The molecule has 0 aliphatic heterocycles. The predicted octanol–water partition coefficient (Wildman–Crippen LogP) is 3.03. The molecule has 2 aromatic heterocycles. The smallest absolute Gasteiger partial charge is 0.264 e. The molecule has 1 atom stereocenters. The summed E-state index contributed by atoms with van der Waals surface area (Å²) in [5.41, 5.74) is 1.53. The minimum Gasteiger partial charge on any atom is -0.497 e. The molecule has 1 amide bonds. The number of imidazole rings is 1. The highest BCUT2D eigenvalue weighted by Gasteiger charge is 2.24. The van der Waals surface area contributed by atoms with Gasteiger partial charge in [-0.2, -0.15) is 0 Å². The van der Waals surface area contributed by atoms with Crippen LogP contribution in [0.1, 0.15) is 37.8 Å². The standard InChI is InChI=1S/C19H22N4O3S/c1-11-17(27-12(2)21-11)19(24)22-16(18-20-6-7-23(18)3)13-8-14(25-4)10-15(9-13)26-5/h6-10,16H,1-5H3,(H,22,24)/t16-/m0/s1. The Morgan fingerprint density at radius 1 is 1.19 bits per heavy atom. The number of rotatable bonds is 6. The van der Waals surface area contributed by atoms with Crippen molar-refractivity contribution in [3.63, 3.8) is 0 Å². The number of hydrogen-bond donors (Lipinski definition) is 1. The van der Waals surface area contributed by atoms with Crippen molar-refractivity contribution in [3.05, 3.63) is 57.6 Å². The maximum atomic E-state index is 12.9. The van der Waals surface area contributed by atoms with Crippen LogP contribution in [0.2, 0.25) is 0 Å². The highest BCUT2D eigenvalue weighted by Crippen LogP contribution is 2.30. The van der Waals surface area contributed by atoms with Crippen molar-refractivity contribution >= 4 is 17.2 Å². The number of benzene rings is 1. The average molecular weight is 386 g/mol. The highest BCUT2D eigenvalue weighted by atomic mass is 32.1. The van der Waals surface area contributed by atoms with E-state index in [1.165, 1.54) is 11.3 Å². The molecule has 142 valence electrons. The summed E-state index contributed by atoms with van der Waals surface area (Å²) >= 11 is 1.38. The van der Waals surface area contributed by atoms with Gasteiger partial charge in [0.05, 0.1) is 24.9 Å². The molecule has 0 saturated heterocycles. The maximum Gasteiger partial charge on any atom is 0.264 e. The topological polar surface area (TPSA) is 78.3 Å². The van der Waals surface area contributed by atoms with Crippen LogP contribution in [0.5, 0.6) is 11.5 Å². The Labute approximate surface area is 162 Å². The third-order valence-corrected chi connectivity index (χ3v) is 5.28. The number of hydrogen-bond acceptors (Lipinski definition) is 6. The summed E-state index contributed by atoms with van der Waals surface area (Å²) in [5, 5.41) is 3.94. The number of methoxy groups -OCH3 is 2. The first kappa shape index (κ1) is 18.9. The molecule has 0 spiro atoms. The van der Waals surface area contributed by atoms with Crippen LogP contribution in [0.15, 0.2) is 30.6 Å². The number of ether oxygens (including phenoxy) is 2. The lowest BCUT2D eigenvalue weighted by Crippen LogP contribution is -2.31. The molecule has 27 heavy (non-hydrogen) atoms. The van der Waals surface area contributed by atoms with E-state index in [1.807, 2.05) is 43.8 Å². The molecule has 0 aliphatic rings. The van der Waals surface area contributed by atoms with Crippen LogP contribution in [0.3, 0.4) is 0 Å². The number of carbonyl (C=O) groups excluding carboxylic acids is 1. The van der Waals surface area contributed by atoms with E-state index >= 15 is 0 Å². The lowest BCUT2D eigenvalue weighted by atomic mass is 10.0. The minimum atomic E-state index is -0.469. The molecular weight excluding hydrogens is 364 g/mol. The Morgan fingerprint density at radius 2 is 1.85 bits per heavy atom. The zero-order chi connectivity index (χ0) is 19.6. The van der Waals surface area contributed by atoms with Gasteiger partial charge in [0, 0.05) is 25.5 Å². The second kappa shape index (κ2) is 7.79. The van der Waals surface area contributed by atoms with Gasteiger partial charge in [-0.1, -0.05) is 0 Å². The van der Waals surface area contributed by atoms with E-state index in [9.17, 15) is 4.79 Å². The molecule has 2 heterocycles. The molecule has 0 fully saturated rings. The number of carbonyl (C=O) groups is 1. The lowest BCUT2D eigenvalue weighted by molar-refractivity contribution is 0.0944. The van der Waals surface area contributed by atoms with Crippen LogP contribution < -0.4 is 14.8 Å². The number of nitrogens with one attached hydrogen (secondary N) is 1. The van der Waals surface area contributed by atoms with Crippen molar-refractivity contribution in [1.82, 2.24) is 19.9 Å². The highest BCUT2D eigenvalue weighted by molar-refractivity contribution is 7.13. The molecule has 3 rings (SSSR count). The molecule has 1 N–H and O–H groups in total. The van der Waals surface area contributed by atoms with Crippen molar-refractivity contribution in [2.24, 2.45) is 7.05 Å². The first-order chi connectivity index (χ1) is 12.9. The molecule has 8 heteroatoms. The first-order valence-electron chi connectivity index (χ1n) is 8.38. The summed E-state index contributed by atoms with van der Waals surface area (Å²) < 4.78 is 12.6. The SMILES string of the molecule is COc1cc(OC)cc([C@H](NC(=O)c2sc(C)nc2C)c2nccn2C)c1. The van der Waals surface area contributed by atoms with Crippen molar-refractivity contribution < 1.29 is 14.3 Å². The van der Waals surface area contributed by atoms with Crippen LogP contribution in [0.4, 0.5) is 0 Å². The van der Waals surface area contributed by atoms with Gasteiger partial charge in [0.2, 0.25) is 0 Å². The van der Waals surface area contributed by atoms with Crippen LogP contribution >= 0.6 is 11.3 Å². The van der Waals surface area contributed by atoms with Gasteiger partial charge < -0.3 is 19.4 Å². The number of nitrogens with zero attached hydrogens (tertiary/aromatic N) is 3. The molecule has 0 bridgehead atoms. The Morgan fingerprint density at radius 3 is 2.33 bits per heavy atom. The minimum absolute atomic E-state index is 0.187. The predicted molar refractivity (Wildman–Crippen MR) is 104 cm³/mol. The van der Waals surface area contributed by atoms with Crippen molar-refractivity contribution in [1.29, 1.82) is 0 Å². The Kier molecular flexibility index (Phi) is 5.46. The molecule has 0 radical (unpaired) electrons. The van der Waals surface area contributed by atoms with Crippen LogP contribution in [-0.4, -0.2) is 34.7 Å². The van der Waals surface area contributed by atoms with Gasteiger partial charge in [0.25, 0.3) is 5.91 Å². The second-order valence-electron chi connectivity index (χ2n) is 6.10. The number of amides is 1. The van der Waals surface area contributed by atoms with Gasteiger partial charge in [-0.15, -0.1) is 11.3 Å². The molecule has 7 nitrogen and oxygen atoms in total. The van der Waals surface area contributed by atoms with E-state index in [-0.39, 0.29) is 5.91 Å². The number of aryl methyl sites for hydroxylation is 3. The van der Waals surface area contributed by atoms with Crippen LogP contribution in [-0.2, 0) is 7.05 Å². The molecular formula is C19H22N4O3S. The van der Waals surface area contributed by atoms with E-state index in [4.69, 9.17) is 9.47 Å². The Hall–Kier alpha value is -2.87. The molecule has 3 aromatic rings. The summed E-state index contributed by atoms with van der Waals surface area (Å²) in [4.78, 5) is 22.3. The maximum absolute atomic E-state index is 12.9. The zero-order valence-corrected chi connectivity index (χ0v) is 16.8. The van der Waals surface area contributed by atoms with Gasteiger partial charge >= 0.3 is 0 Å². The van der Waals surface area contributed by atoms with Crippen LogP contribution in [0, 0.1) is 13.8 Å². The van der Waals surface area contributed by atoms with Crippen molar-refractivity contribution in [2.75, 3.05) is 14.2 Å². The van der Waals surface area contributed by atoms with Crippen molar-refractivity contribution in [3.8, 4) is 11.5 Å². The lowest BCUT2D eigenvalue weighted by Gasteiger charge is -2.20. The van der Waals surface area contributed by atoms with Gasteiger partial charge in [-0.3, -0.25) is 4.79 Å². The van der Waals surface area contributed by atoms with Crippen LogP contribution in [0.25, 0.3) is 0 Å². The van der Waals surface area contributed by atoms with Gasteiger partial charge in [-0.05, 0) is 31.5 Å². The summed E-state index contributed by atoms with van der Waals surface area (Å²) in [6.07, 6.45) is 3.54. The quantitative estimate of drug-likeness (QED) is 0.705. The molecule has 0 aliphatic carbocycles. The average Bonchev–Trinajstić information content (AvgIpc) is 3.23. The molecule has 0 saturated carbocycles. The van der Waals surface area contributed by atoms with Gasteiger partial charge in [0.1, 0.15) is 28.2 Å². The second-order valence-corrected chi connectivity index (χ2v) is 7.30. The van der Waals surface area contributed by atoms with Gasteiger partial charge in [-0.25, -0.2) is 9.97 Å². The normalized spacial score (nSPS) is 11.9. The number of thiazole rings is 1. The fourth-order valence-corrected chi connectivity index (χ4v) is 3.71. The fourth-order valence-electron chi connectivity index (χ4n) is 2.89. The Balaban J connectivity index is 2.04. The third kappa shape index (κ3) is 3.95. The monoisotopic (exact) mass is 386 g/mol. The van der Waals surface area contributed by atoms with E-state index < -0.39 is 6.04 Å². The van der Waals surface area contributed by atoms with E-state index in [0.29, 0.717) is 22.2 Å². The number of aromatic nitrogens is 3. The first-order valence-corrected chi connectivity index (χ1v) is 9.19.